The molecule has 1 aromatic carbocycles. The summed E-state index contributed by atoms with van der Waals surface area (Å²) in [6.07, 6.45) is 2.59. The van der Waals surface area contributed by atoms with Gasteiger partial charge in [-0.3, -0.25) is 14.4 Å². The highest BCUT2D eigenvalue weighted by Crippen LogP contribution is 2.27. The van der Waals surface area contributed by atoms with Crippen molar-refractivity contribution in [2.24, 2.45) is 5.92 Å². The molecule has 156 valence electrons. The average Bonchev–Trinajstić information content (AvgIpc) is 3.41. The van der Waals surface area contributed by atoms with E-state index in [1.807, 2.05) is 4.90 Å². The number of amides is 3. The molecule has 0 aliphatic carbocycles. The van der Waals surface area contributed by atoms with Gasteiger partial charge in [0.05, 0.1) is 17.4 Å². The van der Waals surface area contributed by atoms with Crippen molar-refractivity contribution in [2.75, 3.05) is 36.5 Å². The zero-order valence-corrected chi connectivity index (χ0v) is 17.0. The van der Waals surface area contributed by atoms with Crippen LogP contribution in [0.1, 0.15) is 36.0 Å². The summed E-state index contributed by atoms with van der Waals surface area (Å²) >= 11 is 0. The molecular weight excluding hydrogens is 394 g/mol. The van der Waals surface area contributed by atoms with Crippen LogP contribution in [-0.4, -0.2) is 73.1 Å². The Hall–Kier alpha value is -2.42. The first-order chi connectivity index (χ1) is 13.8. The fraction of sp³-hybridized carbons (Fsp3) is 0.550. The number of likely N-dealkylation sites (tertiary alicyclic amines) is 2. The minimum Gasteiger partial charge on any atom is -0.339 e. The smallest absolute Gasteiger partial charge is 0.253 e. The summed E-state index contributed by atoms with van der Waals surface area (Å²) in [4.78, 5) is 40.7. The van der Waals surface area contributed by atoms with Crippen molar-refractivity contribution in [1.29, 1.82) is 0 Å². The van der Waals surface area contributed by atoms with Gasteiger partial charge < -0.3 is 15.1 Å². The SMILES string of the molecule is O=C(Nc1ccc(C(=O)N2CCCC2)cc1)[C@@H]1CC(=O)N([C@H]2CCS(=O)(=O)C2)C1. The number of nitrogens with zero attached hydrogens (tertiary/aromatic N) is 2. The number of benzene rings is 1. The van der Waals surface area contributed by atoms with Crippen LogP contribution < -0.4 is 5.32 Å². The standard InChI is InChI=1S/C20H25N3O5S/c24-18-11-15(12-23(18)17-7-10-29(27,28)13-17)19(25)21-16-5-3-14(4-6-16)20(26)22-8-1-2-9-22/h3-6,15,17H,1-2,7-13H2,(H,21,25)/t15-,17+/m1/s1. The summed E-state index contributed by atoms with van der Waals surface area (Å²) in [5.41, 5.74) is 1.16. The van der Waals surface area contributed by atoms with Crippen LogP contribution in [0.2, 0.25) is 0 Å². The van der Waals surface area contributed by atoms with E-state index in [1.54, 1.807) is 29.2 Å². The second-order valence-electron chi connectivity index (χ2n) is 8.07. The van der Waals surface area contributed by atoms with Gasteiger partial charge in [-0.2, -0.15) is 0 Å². The van der Waals surface area contributed by atoms with Gasteiger partial charge in [-0.25, -0.2) is 8.42 Å². The molecule has 1 aromatic rings. The third-order valence-electron chi connectivity index (χ3n) is 5.97. The lowest BCUT2D eigenvalue weighted by atomic mass is 10.1. The van der Waals surface area contributed by atoms with Crippen LogP contribution in [0.25, 0.3) is 0 Å². The maximum atomic E-state index is 12.6. The minimum atomic E-state index is -3.09. The lowest BCUT2D eigenvalue weighted by Gasteiger charge is -2.23. The van der Waals surface area contributed by atoms with E-state index in [2.05, 4.69) is 5.32 Å². The molecule has 3 aliphatic rings. The molecule has 3 amide bonds. The third kappa shape index (κ3) is 4.29. The van der Waals surface area contributed by atoms with E-state index < -0.39 is 15.8 Å². The fourth-order valence-corrected chi connectivity index (χ4v) is 6.06. The maximum Gasteiger partial charge on any atom is 0.253 e. The zero-order chi connectivity index (χ0) is 20.6. The molecule has 8 nitrogen and oxygen atoms in total. The zero-order valence-electron chi connectivity index (χ0n) is 16.2. The van der Waals surface area contributed by atoms with Gasteiger partial charge in [0, 0.05) is 43.3 Å². The van der Waals surface area contributed by atoms with E-state index >= 15 is 0 Å². The number of carbonyl (C=O) groups is 3. The van der Waals surface area contributed by atoms with Gasteiger partial charge in [0.15, 0.2) is 9.84 Å². The summed E-state index contributed by atoms with van der Waals surface area (Å²) in [5.74, 6) is -0.847. The number of rotatable bonds is 4. The molecule has 3 heterocycles. The molecule has 4 rings (SSSR count). The average molecular weight is 420 g/mol. The van der Waals surface area contributed by atoms with Gasteiger partial charge in [0.2, 0.25) is 11.8 Å². The van der Waals surface area contributed by atoms with Crippen LogP contribution >= 0.6 is 0 Å². The Morgan fingerprint density at radius 3 is 2.38 bits per heavy atom. The Morgan fingerprint density at radius 1 is 1.07 bits per heavy atom. The normalized spacial score (nSPS) is 26.1. The summed E-state index contributed by atoms with van der Waals surface area (Å²) in [6.45, 7) is 1.81. The van der Waals surface area contributed by atoms with Crippen LogP contribution in [-0.2, 0) is 19.4 Å². The van der Waals surface area contributed by atoms with Crippen LogP contribution in [0.4, 0.5) is 5.69 Å². The van der Waals surface area contributed by atoms with Gasteiger partial charge >= 0.3 is 0 Å². The van der Waals surface area contributed by atoms with Crippen molar-refractivity contribution >= 4 is 33.2 Å². The number of nitrogens with one attached hydrogen (secondary N) is 1. The fourth-order valence-electron chi connectivity index (χ4n) is 4.32. The minimum absolute atomic E-state index is 0.00363. The molecule has 1 N–H and O–H groups in total. The van der Waals surface area contributed by atoms with Crippen LogP contribution in [0.15, 0.2) is 24.3 Å². The number of anilines is 1. The van der Waals surface area contributed by atoms with E-state index in [-0.39, 0.29) is 48.2 Å². The number of hydrogen-bond donors (Lipinski definition) is 1. The van der Waals surface area contributed by atoms with E-state index in [1.165, 1.54) is 0 Å². The molecule has 3 aliphatic heterocycles. The van der Waals surface area contributed by atoms with E-state index in [4.69, 9.17) is 0 Å². The third-order valence-corrected chi connectivity index (χ3v) is 7.72. The predicted octanol–water partition coefficient (Wildman–Crippen LogP) is 0.897. The topological polar surface area (TPSA) is 104 Å². The van der Waals surface area contributed by atoms with Crippen LogP contribution in [0, 0.1) is 5.92 Å². The molecule has 9 heteroatoms. The first-order valence-electron chi connectivity index (χ1n) is 10.0. The van der Waals surface area contributed by atoms with Crippen LogP contribution in [0.5, 0.6) is 0 Å². The summed E-state index contributed by atoms with van der Waals surface area (Å²) in [5, 5.41) is 2.81. The van der Waals surface area contributed by atoms with Gasteiger partial charge in [-0.05, 0) is 43.5 Å². The molecule has 3 saturated heterocycles. The molecule has 0 bridgehead atoms. The van der Waals surface area contributed by atoms with Crippen molar-refractivity contribution in [1.82, 2.24) is 9.80 Å². The second-order valence-corrected chi connectivity index (χ2v) is 10.3. The summed E-state index contributed by atoms with van der Waals surface area (Å²) in [6, 6.07) is 6.47. The molecule has 2 atom stereocenters. The van der Waals surface area contributed by atoms with E-state index in [9.17, 15) is 22.8 Å². The first-order valence-corrected chi connectivity index (χ1v) is 11.8. The Morgan fingerprint density at radius 2 is 1.76 bits per heavy atom. The Balaban J connectivity index is 1.34. The summed E-state index contributed by atoms with van der Waals surface area (Å²) in [7, 11) is -3.09. The van der Waals surface area contributed by atoms with Crippen molar-refractivity contribution < 1.29 is 22.8 Å². The molecule has 0 aromatic heterocycles. The maximum absolute atomic E-state index is 12.6. The monoisotopic (exact) mass is 419 g/mol. The van der Waals surface area contributed by atoms with E-state index in [0.29, 0.717) is 17.7 Å². The number of carbonyl (C=O) groups excluding carboxylic acids is 3. The second kappa shape index (κ2) is 7.78. The van der Waals surface area contributed by atoms with Crippen LogP contribution in [0.3, 0.4) is 0 Å². The Kier molecular flexibility index (Phi) is 5.33. The first kappa shape index (κ1) is 19.9. The largest absolute Gasteiger partial charge is 0.339 e. The predicted molar refractivity (Wildman–Crippen MR) is 107 cm³/mol. The molecule has 0 radical (unpaired) electrons. The summed E-state index contributed by atoms with van der Waals surface area (Å²) < 4.78 is 23.4. The Bertz CT molecular complexity index is 922. The van der Waals surface area contributed by atoms with Crippen molar-refractivity contribution in [3.8, 4) is 0 Å². The lowest BCUT2D eigenvalue weighted by molar-refractivity contribution is -0.129. The molecule has 0 saturated carbocycles. The molecular formula is C20H25N3O5S. The van der Waals surface area contributed by atoms with E-state index in [0.717, 1.165) is 25.9 Å². The Labute approximate surface area is 170 Å². The molecule has 0 unspecified atom stereocenters. The van der Waals surface area contributed by atoms with Crippen molar-refractivity contribution in [3.63, 3.8) is 0 Å². The van der Waals surface area contributed by atoms with Crippen molar-refractivity contribution in [3.05, 3.63) is 29.8 Å². The molecule has 0 spiro atoms. The van der Waals surface area contributed by atoms with Gasteiger partial charge in [-0.15, -0.1) is 0 Å². The lowest BCUT2D eigenvalue weighted by Crippen LogP contribution is -2.38. The highest BCUT2D eigenvalue weighted by Gasteiger charge is 2.41. The van der Waals surface area contributed by atoms with Gasteiger partial charge in [-0.1, -0.05) is 0 Å². The highest BCUT2D eigenvalue weighted by molar-refractivity contribution is 7.91. The molecule has 3 fully saturated rings. The van der Waals surface area contributed by atoms with Gasteiger partial charge in [0.25, 0.3) is 5.91 Å². The molecule has 29 heavy (non-hydrogen) atoms. The highest BCUT2D eigenvalue weighted by atomic mass is 32.2. The van der Waals surface area contributed by atoms with Gasteiger partial charge in [0.1, 0.15) is 0 Å². The number of hydrogen-bond acceptors (Lipinski definition) is 5. The quantitative estimate of drug-likeness (QED) is 0.781. The van der Waals surface area contributed by atoms with Crippen molar-refractivity contribution in [2.45, 2.75) is 31.7 Å². The number of sulfone groups is 1.